The predicted octanol–water partition coefficient (Wildman–Crippen LogP) is 2.43. The normalized spacial score (nSPS) is 10.0. The van der Waals surface area contributed by atoms with E-state index in [1.54, 1.807) is 13.0 Å². The third-order valence-electron chi connectivity index (χ3n) is 2.47. The van der Waals surface area contributed by atoms with Crippen LogP contribution in [0.2, 0.25) is 0 Å². The van der Waals surface area contributed by atoms with Crippen molar-refractivity contribution in [1.82, 2.24) is 5.32 Å². The zero-order valence-corrected chi connectivity index (χ0v) is 10.0. The number of amides is 1. The van der Waals surface area contributed by atoms with E-state index in [9.17, 15) is 14.9 Å². The molecule has 0 saturated heterocycles. The summed E-state index contributed by atoms with van der Waals surface area (Å²) in [6.45, 7) is 4.30. The Labute approximate surface area is 100.0 Å². The molecule has 1 amide bonds. The van der Waals surface area contributed by atoms with Crippen molar-refractivity contribution in [2.24, 2.45) is 0 Å². The van der Waals surface area contributed by atoms with Gasteiger partial charge in [-0.05, 0) is 25.5 Å². The molecule has 0 bridgehead atoms. The first-order chi connectivity index (χ1) is 8.06. The third kappa shape index (κ3) is 3.55. The van der Waals surface area contributed by atoms with Gasteiger partial charge in [0.25, 0.3) is 11.6 Å². The van der Waals surface area contributed by atoms with Gasteiger partial charge in [-0.3, -0.25) is 14.9 Å². The molecule has 0 atom stereocenters. The molecule has 17 heavy (non-hydrogen) atoms. The fraction of sp³-hybridized carbons (Fsp3) is 0.417. The predicted molar refractivity (Wildman–Crippen MR) is 65.1 cm³/mol. The molecule has 1 aromatic carbocycles. The molecule has 0 unspecified atom stereocenters. The highest BCUT2D eigenvalue weighted by Gasteiger charge is 2.13. The molecule has 0 saturated carbocycles. The summed E-state index contributed by atoms with van der Waals surface area (Å²) in [5.41, 5.74) is 0.998. The summed E-state index contributed by atoms with van der Waals surface area (Å²) >= 11 is 0. The average molecular weight is 236 g/mol. The van der Waals surface area contributed by atoms with Crippen molar-refractivity contribution in [3.05, 3.63) is 39.4 Å². The van der Waals surface area contributed by atoms with Gasteiger partial charge in [0.15, 0.2) is 0 Å². The van der Waals surface area contributed by atoms with Crippen LogP contribution in [0.3, 0.4) is 0 Å². The number of carbonyl (C=O) groups excluding carboxylic acids is 1. The lowest BCUT2D eigenvalue weighted by Gasteiger charge is -2.05. The Morgan fingerprint density at radius 2 is 2.18 bits per heavy atom. The van der Waals surface area contributed by atoms with Gasteiger partial charge in [-0.25, -0.2) is 0 Å². The van der Waals surface area contributed by atoms with Gasteiger partial charge in [0.05, 0.1) is 4.92 Å². The highest BCUT2D eigenvalue weighted by Crippen LogP contribution is 2.18. The number of nitrogens with zero attached hydrogens (tertiary/aromatic N) is 1. The molecule has 1 aromatic rings. The highest BCUT2D eigenvalue weighted by molar-refractivity contribution is 5.94. The van der Waals surface area contributed by atoms with Gasteiger partial charge >= 0.3 is 0 Å². The number of hydrogen-bond acceptors (Lipinski definition) is 3. The molecular weight excluding hydrogens is 220 g/mol. The molecule has 5 heteroatoms. The lowest BCUT2D eigenvalue weighted by Crippen LogP contribution is -2.24. The standard InChI is InChI=1S/C12H16N2O3/c1-3-4-7-13-12(15)10-5-6-11(14(16)17)9(2)8-10/h5-6,8H,3-4,7H2,1-2H3,(H,13,15). The van der Waals surface area contributed by atoms with Crippen LogP contribution in [0.25, 0.3) is 0 Å². The van der Waals surface area contributed by atoms with Crippen LogP contribution in [0.1, 0.15) is 35.7 Å². The molecule has 0 aliphatic heterocycles. The maximum absolute atomic E-state index is 11.7. The van der Waals surface area contributed by atoms with E-state index in [0.29, 0.717) is 17.7 Å². The molecule has 0 radical (unpaired) electrons. The number of benzene rings is 1. The summed E-state index contributed by atoms with van der Waals surface area (Å²) in [5, 5.41) is 13.4. The number of rotatable bonds is 5. The van der Waals surface area contributed by atoms with Crippen molar-refractivity contribution in [2.45, 2.75) is 26.7 Å². The number of nitro groups is 1. The van der Waals surface area contributed by atoms with Gasteiger partial charge in [-0.1, -0.05) is 13.3 Å². The number of carbonyl (C=O) groups is 1. The minimum Gasteiger partial charge on any atom is -0.352 e. The van der Waals surface area contributed by atoms with Gasteiger partial charge in [-0.2, -0.15) is 0 Å². The quantitative estimate of drug-likeness (QED) is 0.485. The molecule has 0 aromatic heterocycles. The Bertz CT molecular complexity index is 430. The lowest BCUT2D eigenvalue weighted by molar-refractivity contribution is -0.385. The van der Waals surface area contributed by atoms with E-state index in [4.69, 9.17) is 0 Å². The molecule has 0 aliphatic rings. The second kappa shape index (κ2) is 5.98. The van der Waals surface area contributed by atoms with Crippen molar-refractivity contribution >= 4 is 11.6 Å². The lowest BCUT2D eigenvalue weighted by atomic mass is 10.1. The maximum Gasteiger partial charge on any atom is 0.272 e. The third-order valence-corrected chi connectivity index (χ3v) is 2.47. The smallest absolute Gasteiger partial charge is 0.272 e. The SMILES string of the molecule is CCCCNC(=O)c1ccc([N+](=O)[O-])c(C)c1. The van der Waals surface area contributed by atoms with Crippen LogP contribution in [-0.4, -0.2) is 17.4 Å². The summed E-state index contributed by atoms with van der Waals surface area (Å²) in [6.07, 6.45) is 1.94. The Morgan fingerprint density at radius 1 is 1.47 bits per heavy atom. The minimum absolute atomic E-state index is 0.0371. The first-order valence-corrected chi connectivity index (χ1v) is 5.59. The molecule has 92 valence electrons. The van der Waals surface area contributed by atoms with Crippen molar-refractivity contribution in [2.75, 3.05) is 6.54 Å². The number of nitro benzene ring substituents is 1. The molecule has 5 nitrogen and oxygen atoms in total. The molecule has 0 spiro atoms. The summed E-state index contributed by atoms with van der Waals surface area (Å²) < 4.78 is 0. The first kappa shape index (κ1) is 13.2. The highest BCUT2D eigenvalue weighted by atomic mass is 16.6. The Balaban J connectivity index is 2.76. The molecule has 1 N–H and O–H groups in total. The fourth-order valence-corrected chi connectivity index (χ4v) is 1.48. The molecule has 1 rings (SSSR count). The van der Waals surface area contributed by atoms with E-state index in [2.05, 4.69) is 5.32 Å². The number of aryl methyl sites for hydroxylation is 1. The van der Waals surface area contributed by atoms with E-state index in [1.807, 2.05) is 6.92 Å². The summed E-state index contributed by atoms with van der Waals surface area (Å²) in [4.78, 5) is 21.8. The minimum atomic E-state index is -0.450. The van der Waals surface area contributed by atoms with Crippen molar-refractivity contribution in [3.8, 4) is 0 Å². The fourth-order valence-electron chi connectivity index (χ4n) is 1.48. The van der Waals surface area contributed by atoms with Crippen LogP contribution in [0.5, 0.6) is 0 Å². The number of nitrogens with one attached hydrogen (secondary N) is 1. The zero-order chi connectivity index (χ0) is 12.8. The van der Waals surface area contributed by atoms with Gasteiger partial charge in [0.1, 0.15) is 0 Å². The summed E-state index contributed by atoms with van der Waals surface area (Å²) in [5.74, 6) is -0.184. The first-order valence-electron chi connectivity index (χ1n) is 5.59. The van der Waals surface area contributed by atoms with E-state index >= 15 is 0 Å². The van der Waals surface area contributed by atoms with Crippen LogP contribution < -0.4 is 5.32 Å². The molecular formula is C12H16N2O3. The van der Waals surface area contributed by atoms with E-state index in [1.165, 1.54) is 12.1 Å². The van der Waals surface area contributed by atoms with E-state index < -0.39 is 4.92 Å². The average Bonchev–Trinajstić information content (AvgIpc) is 2.28. The second-order valence-corrected chi connectivity index (χ2v) is 3.87. The van der Waals surface area contributed by atoms with Crippen molar-refractivity contribution in [3.63, 3.8) is 0 Å². The largest absolute Gasteiger partial charge is 0.352 e. The van der Waals surface area contributed by atoms with Crippen LogP contribution >= 0.6 is 0 Å². The monoisotopic (exact) mass is 236 g/mol. The Hall–Kier alpha value is -1.91. The van der Waals surface area contributed by atoms with Crippen LogP contribution in [0.15, 0.2) is 18.2 Å². The van der Waals surface area contributed by atoms with Crippen LogP contribution in [0.4, 0.5) is 5.69 Å². The summed E-state index contributed by atoms with van der Waals surface area (Å²) in [6, 6.07) is 4.38. The molecule has 0 fully saturated rings. The molecule has 0 heterocycles. The van der Waals surface area contributed by atoms with E-state index in [-0.39, 0.29) is 11.6 Å². The molecule has 0 aliphatic carbocycles. The van der Waals surface area contributed by atoms with E-state index in [0.717, 1.165) is 12.8 Å². The number of unbranched alkanes of at least 4 members (excludes halogenated alkanes) is 1. The van der Waals surface area contributed by atoms with Crippen LogP contribution in [0, 0.1) is 17.0 Å². The maximum atomic E-state index is 11.7. The Morgan fingerprint density at radius 3 is 2.71 bits per heavy atom. The zero-order valence-electron chi connectivity index (χ0n) is 10.0. The Kier molecular flexibility index (Phi) is 4.63. The van der Waals surface area contributed by atoms with Gasteiger partial charge in [-0.15, -0.1) is 0 Å². The second-order valence-electron chi connectivity index (χ2n) is 3.87. The van der Waals surface area contributed by atoms with Gasteiger partial charge in [0, 0.05) is 23.7 Å². The topological polar surface area (TPSA) is 72.2 Å². The van der Waals surface area contributed by atoms with Gasteiger partial charge < -0.3 is 5.32 Å². The van der Waals surface area contributed by atoms with Crippen LogP contribution in [-0.2, 0) is 0 Å². The van der Waals surface area contributed by atoms with Crippen molar-refractivity contribution < 1.29 is 9.72 Å². The van der Waals surface area contributed by atoms with Crippen molar-refractivity contribution in [1.29, 1.82) is 0 Å². The summed E-state index contributed by atoms with van der Waals surface area (Å²) in [7, 11) is 0. The van der Waals surface area contributed by atoms with Gasteiger partial charge in [0.2, 0.25) is 0 Å². The number of hydrogen-bond donors (Lipinski definition) is 1.